The van der Waals surface area contributed by atoms with Crippen LogP contribution < -0.4 is 5.32 Å². The number of anilines is 1. The van der Waals surface area contributed by atoms with Gasteiger partial charge in [-0.1, -0.05) is 53.6 Å². The molecule has 0 bridgehead atoms. The third-order valence-corrected chi connectivity index (χ3v) is 4.39. The van der Waals surface area contributed by atoms with E-state index in [-0.39, 0.29) is 12.1 Å². The van der Waals surface area contributed by atoms with Crippen molar-refractivity contribution in [2.75, 3.05) is 11.9 Å². The summed E-state index contributed by atoms with van der Waals surface area (Å²) in [4.78, 5) is 14.5. The van der Waals surface area contributed by atoms with Crippen molar-refractivity contribution in [3.63, 3.8) is 0 Å². The lowest BCUT2D eigenvalue weighted by molar-refractivity contribution is 0.207. The van der Waals surface area contributed by atoms with Gasteiger partial charge in [-0.2, -0.15) is 0 Å². The number of aryl methyl sites for hydroxylation is 1. The maximum Gasteiger partial charge on any atom is 0.322 e. The van der Waals surface area contributed by atoms with Gasteiger partial charge in [-0.25, -0.2) is 4.79 Å². The Labute approximate surface area is 135 Å². The van der Waals surface area contributed by atoms with E-state index in [1.165, 1.54) is 11.1 Å². The van der Waals surface area contributed by atoms with Gasteiger partial charge in [-0.15, -0.1) is 0 Å². The maximum atomic E-state index is 12.6. The largest absolute Gasteiger partial charge is 0.322 e. The molecule has 1 aliphatic rings. The molecule has 1 fully saturated rings. The fourth-order valence-electron chi connectivity index (χ4n) is 2.98. The van der Waals surface area contributed by atoms with Gasteiger partial charge in [0.05, 0.1) is 16.8 Å². The Morgan fingerprint density at radius 2 is 2.05 bits per heavy atom. The highest BCUT2D eigenvalue weighted by Crippen LogP contribution is 2.33. The van der Waals surface area contributed by atoms with Gasteiger partial charge in [-0.3, -0.25) is 0 Å². The zero-order valence-corrected chi connectivity index (χ0v) is 13.3. The summed E-state index contributed by atoms with van der Waals surface area (Å²) >= 11 is 6.12. The fraction of sp³-hybridized carbons (Fsp3) is 0.278. The number of para-hydroxylation sites is 1. The minimum Gasteiger partial charge on any atom is -0.317 e. The fourth-order valence-corrected chi connectivity index (χ4v) is 3.17. The van der Waals surface area contributed by atoms with Gasteiger partial charge in [0.1, 0.15) is 0 Å². The lowest BCUT2D eigenvalue weighted by Gasteiger charge is -2.25. The predicted octanol–water partition coefficient (Wildman–Crippen LogP) is 5.02. The molecule has 0 saturated carbocycles. The SMILES string of the molecule is Cc1cccc([C@H]2CCCN2C(=O)Nc2ccccc2Cl)c1. The lowest BCUT2D eigenvalue weighted by atomic mass is 10.0. The standard InChI is InChI=1S/C18H19ClN2O/c1-13-6-4-7-14(12-13)17-10-5-11-21(17)18(22)20-16-9-3-2-8-15(16)19/h2-4,6-9,12,17H,5,10-11H2,1H3,(H,20,22)/t17-/m1/s1. The van der Waals surface area contributed by atoms with Crippen LogP contribution in [0.15, 0.2) is 48.5 Å². The maximum absolute atomic E-state index is 12.6. The van der Waals surface area contributed by atoms with Crippen molar-refractivity contribution in [1.82, 2.24) is 4.90 Å². The first-order valence-corrected chi connectivity index (χ1v) is 7.91. The number of urea groups is 1. The van der Waals surface area contributed by atoms with Crippen LogP contribution in [0.4, 0.5) is 10.5 Å². The third-order valence-electron chi connectivity index (χ3n) is 4.06. The molecule has 22 heavy (non-hydrogen) atoms. The van der Waals surface area contributed by atoms with Gasteiger partial charge >= 0.3 is 6.03 Å². The molecule has 3 rings (SSSR count). The number of benzene rings is 2. The number of halogens is 1. The van der Waals surface area contributed by atoms with E-state index in [1.807, 2.05) is 29.2 Å². The average molecular weight is 315 g/mol. The minimum absolute atomic E-state index is 0.0860. The highest BCUT2D eigenvalue weighted by Gasteiger charge is 2.30. The number of likely N-dealkylation sites (tertiary alicyclic amines) is 1. The minimum atomic E-state index is -0.0860. The van der Waals surface area contributed by atoms with Gasteiger partial charge in [0.2, 0.25) is 0 Å². The Hall–Kier alpha value is -2.00. The van der Waals surface area contributed by atoms with Gasteiger partial charge in [-0.05, 0) is 37.5 Å². The predicted molar refractivity (Wildman–Crippen MR) is 90.3 cm³/mol. The normalized spacial score (nSPS) is 17.5. The Balaban J connectivity index is 1.78. The summed E-state index contributed by atoms with van der Waals surface area (Å²) < 4.78 is 0. The summed E-state index contributed by atoms with van der Waals surface area (Å²) in [6.45, 7) is 2.85. The highest BCUT2D eigenvalue weighted by atomic mass is 35.5. The number of nitrogens with one attached hydrogen (secondary N) is 1. The van der Waals surface area contributed by atoms with Crippen molar-refractivity contribution in [2.24, 2.45) is 0 Å². The molecule has 1 atom stereocenters. The number of amides is 2. The zero-order valence-electron chi connectivity index (χ0n) is 12.6. The van der Waals surface area contributed by atoms with Crippen molar-refractivity contribution in [3.8, 4) is 0 Å². The van der Waals surface area contributed by atoms with E-state index < -0.39 is 0 Å². The van der Waals surface area contributed by atoms with Crippen LogP contribution in [0.25, 0.3) is 0 Å². The van der Waals surface area contributed by atoms with Crippen molar-refractivity contribution >= 4 is 23.3 Å². The number of rotatable bonds is 2. The summed E-state index contributed by atoms with van der Waals surface area (Å²) in [5.74, 6) is 0. The molecular weight excluding hydrogens is 296 g/mol. The second-order valence-corrected chi connectivity index (χ2v) is 6.08. The summed E-state index contributed by atoms with van der Waals surface area (Å²) in [5.41, 5.74) is 3.08. The summed E-state index contributed by atoms with van der Waals surface area (Å²) in [7, 11) is 0. The number of carbonyl (C=O) groups excluding carboxylic acids is 1. The summed E-state index contributed by atoms with van der Waals surface area (Å²) in [6.07, 6.45) is 2.02. The molecule has 1 heterocycles. The van der Waals surface area contributed by atoms with Crippen LogP contribution in [0, 0.1) is 6.92 Å². The molecule has 4 heteroatoms. The molecule has 1 aliphatic heterocycles. The topological polar surface area (TPSA) is 32.3 Å². The smallest absolute Gasteiger partial charge is 0.317 e. The molecule has 2 aromatic carbocycles. The Bertz CT molecular complexity index is 686. The molecule has 0 aromatic heterocycles. The summed E-state index contributed by atoms with van der Waals surface area (Å²) in [6, 6.07) is 15.7. The van der Waals surface area contributed by atoms with Gasteiger partial charge in [0.25, 0.3) is 0 Å². The number of hydrogen-bond acceptors (Lipinski definition) is 1. The molecule has 2 aromatic rings. The molecule has 0 radical (unpaired) electrons. The first-order valence-electron chi connectivity index (χ1n) is 7.54. The van der Waals surface area contributed by atoms with E-state index in [2.05, 4.69) is 30.4 Å². The van der Waals surface area contributed by atoms with Crippen LogP contribution in [-0.4, -0.2) is 17.5 Å². The van der Waals surface area contributed by atoms with Crippen molar-refractivity contribution < 1.29 is 4.79 Å². The third kappa shape index (κ3) is 3.09. The van der Waals surface area contributed by atoms with Crippen molar-refractivity contribution in [3.05, 3.63) is 64.7 Å². The Morgan fingerprint density at radius 3 is 2.82 bits per heavy atom. The van der Waals surface area contributed by atoms with Gasteiger partial charge in [0, 0.05) is 6.54 Å². The zero-order chi connectivity index (χ0) is 15.5. The molecule has 1 N–H and O–H groups in total. The Morgan fingerprint density at radius 1 is 1.23 bits per heavy atom. The molecule has 0 spiro atoms. The van der Waals surface area contributed by atoms with Crippen LogP contribution in [0.5, 0.6) is 0 Å². The number of nitrogens with zero attached hydrogens (tertiary/aromatic N) is 1. The molecule has 1 saturated heterocycles. The molecule has 0 unspecified atom stereocenters. The van der Waals surface area contributed by atoms with E-state index in [1.54, 1.807) is 6.07 Å². The second-order valence-electron chi connectivity index (χ2n) is 5.68. The molecule has 3 nitrogen and oxygen atoms in total. The highest BCUT2D eigenvalue weighted by molar-refractivity contribution is 6.33. The average Bonchev–Trinajstić information content (AvgIpc) is 2.99. The van der Waals surface area contributed by atoms with Gasteiger partial charge in [0.15, 0.2) is 0 Å². The molecule has 114 valence electrons. The first-order chi connectivity index (χ1) is 10.6. The lowest BCUT2D eigenvalue weighted by Crippen LogP contribution is -2.34. The van der Waals surface area contributed by atoms with E-state index in [4.69, 9.17) is 11.6 Å². The quantitative estimate of drug-likeness (QED) is 0.829. The molecular formula is C18H19ClN2O. The first kappa shape index (κ1) is 14.9. The summed E-state index contributed by atoms with van der Waals surface area (Å²) in [5, 5.41) is 3.48. The monoisotopic (exact) mass is 314 g/mol. The van der Waals surface area contributed by atoms with E-state index in [0.717, 1.165) is 19.4 Å². The Kier molecular flexibility index (Phi) is 4.34. The molecule has 0 aliphatic carbocycles. The van der Waals surface area contributed by atoms with Crippen molar-refractivity contribution in [2.45, 2.75) is 25.8 Å². The van der Waals surface area contributed by atoms with Crippen LogP contribution in [0.2, 0.25) is 5.02 Å². The number of carbonyl (C=O) groups is 1. The van der Waals surface area contributed by atoms with E-state index in [0.29, 0.717) is 10.7 Å². The van der Waals surface area contributed by atoms with Crippen LogP contribution in [-0.2, 0) is 0 Å². The van der Waals surface area contributed by atoms with Crippen molar-refractivity contribution in [1.29, 1.82) is 0 Å². The van der Waals surface area contributed by atoms with Crippen LogP contribution >= 0.6 is 11.6 Å². The van der Waals surface area contributed by atoms with E-state index in [9.17, 15) is 4.79 Å². The number of hydrogen-bond donors (Lipinski definition) is 1. The van der Waals surface area contributed by atoms with Gasteiger partial charge < -0.3 is 10.2 Å². The van der Waals surface area contributed by atoms with Crippen LogP contribution in [0.3, 0.4) is 0 Å². The van der Waals surface area contributed by atoms with E-state index >= 15 is 0 Å². The van der Waals surface area contributed by atoms with Crippen LogP contribution in [0.1, 0.15) is 30.0 Å². The molecule has 2 amide bonds. The second kappa shape index (κ2) is 6.41.